The number of nitrogens with two attached hydrogens (primary N) is 1. The fourth-order valence-electron chi connectivity index (χ4n) is 2.93. The van der Waals surface area contributed by atoms with Crippen molar-refractivity contribution in [2.75, 3.05) is 19.1 Å². The number of H-pyrrole nitrogens is 1. The number of carbonyl (C=O) groups is 1. The van der Waals surface area contributed by atoms with Gasteiger partial charge in [0.15, 0.2) is 11.2 Å². The molecule has 4 atom stereocenters. The molecule has 1 unspecified atom stereocenters. The maximum atomic E-state index is 11.9. The molecular weight excluding hydrogens is 380 g/mol. The largest absolute Gasteiger partial charge is 0.488 e. The lowest BCUT2D eigenvalue weighted by Crippen LogP contribution is -2.35. The van der Waals surface area contributed by atoms with Crippen LogP contribution in [0.5, 0.6) is 0 Å². The van der Waals surface area contributed by atoms with Gasteiger partial charge in [-0.3, -0.25) is 19.1 Å². The first-order valence-electron chi connectivity index (χ1n) is 8.01. The van der Waals surface area contributed by atoms with Crippen molar-refractivity contribution in [1.29, 1.82) is 0 Å². The predicted octanol–water partition coefficient (Wildman–Crippen LogP) is -0.212. The molecule has 0 amide bonds. The lowest BCUT2D eigenvalue weighted by molar-refractivity contribution is -0.149. The number of carbonyl (C=O) groups excluding carboxylic acids is 1. The standard InChI is InChI=1S/C13H16BN5O7P/c1-6(20)22-5-24-27(14)23-3-8-7(26-27)2-9(25-8)19-4-16-10-11(19)17-13(15)18-12(10)21/h4,7-9H,2-3,5H2,1H3,(H3,15,17,18,21)/q+1/t7-,8-,9-,27?/m1/s1. The van der Waals surface area contributed by atoms with Gasteiger partial charge in [0.1, 0.15) is 25.0 Å². The van der Waals surface area contributed by atoms with E-state index in [1.165, 1.54) is 13.3 Å². The van der Waals surface area contributed by atoms with Crippen molar-refractivity contribution in [2.45, 2.75) is 31.8 Å². The summed E-state index contributed by atoms with van der Waals surface area (Å²) >= 11 is 0. The number of aromatic amines is 1. The number of nitrogen functional groups attached to an aromatic ring is 1. The number of nitrogens with one attached hydrogen (secondary N) is 1. The van der Waals surface area contributed by atoms with Crippen molar-refractivity contribution in [3.05, 3.63) is 16.7 Å². The molecule has 2 aromatic rings. The number of anilines is 1. The van der Waals surface area contributed by atoms with Gasteiger partial charge in [-0.15, -0.1) is 0 Å². The van der Waals surface area contributed by atoms with E-state index >= 15 is 0 Å². The molecule has 2 fully saturated rings. The van der Waals surface area contributed by atoms with Crippen molar-refractivity contribution in [3.8, 4) is 0 Å². The highest BCUT2D eigenvalue weighted by molar-refractivity contribution is 7.85. The first-order valence-corrected chi connectivity index (χ1v) is 9.62. The van der Waals surface area contributed by atoms with E-state index in [2.05, 4.69) is 15.0 Å². The molecule has 14 heteroatoms. The molecule has 142 valence electrons. The van der Waals surface area contributed by atoms with Crippen LogP contribution in [0.2, 0.25) is 0 Å². The van der Waals surface area contributed by atoms with Gasteiger partial charge < -0.3 is 15.2 Å². The fourth-order valence-corrected chi connectivity index (χ4v) is 4.28. The minimum Gasteiger partial charge on any atom is -0.434 e. The van der Waals surface area contributed by atoms with E-state index in [0.717, 1.165) is 0 Å². The van der Waals surface area contributed by atoms with E-state index in [1.54, 1.807) is 4.57 Å². The highest BCUT2D eigenvalue weighted by atomic mass is 31.2. The van der Waals surface area contributed by atoms with Gasteiger partial charge in [-0.1, -0.05) is 0 Å². The first kappa shape index (κ1) is 18.3. The number of aromatic nitrogens is 4. The van der Waals surface area contributed by atoms with Gasteiger partial charge in [-0.2, -0.15) is 18.6 Å². The number of ether oxygens (including phenoxy) is 2. The van der Waals surface area contributed by atoms with E-state index in [0.29, 0.717) is 12.1 Å². The van der Waals surface area contributed by atoms with Crippen molar-refractivity contribution < 1.29 is 27.8 Å². The maximum Gasteiger partial charge on any atom is 0.488 e. The maximum absolute atomic E-state index is 11.9. The molecule has 3 N–H and O–H groups in total. The lowest BCUT2D eigenvalue weighted by Gasteiger charge is -2.29. The van der Waals surface area contributed by atoms with Crippen LogP contribution in [0, 0.1) is 0 Å². The Bertz CT molecular complexity index is 937. The van der Waals surface area contributed by atoms with Gasteiger partial charge in [0.2, 0.25) is 12.7 Å². The van der Waals surface area contributed by atoms with E-state index in [1.807, 2.05) is 0 Å². The van der Waals surface area contributed by atoms with Crippen LogP contribution in [-0.4, -0.2) is 58.7 Å². The summed E-state index contributed by atoms with van der Waals surface area (Å²) in [5.41, 5.74) is 5.64. The summed E-state index contributed by atoms with van der Waals surface area (Å²) in [7, 11) is 2.87. The quantitative estimate of drug-likeness (QED) is 0.307. The molecule has 2 aliphatic rings. The van der Waals surface area contributed by atoms with Gasteiger partial charge >= 0.3 is 21.4 Å². The van der Waals surface area contributed by atoms with Crippen LogP contribution < -0.4 is 11.3 Å². The minimum atomic E-state index is -3.13. The highest BCUT2D eigenvalue weighted by Gasteiger charge is 2.54. The van der Waals surface area contributed by atoms with Crippen LogP contribution in [0.4, 0.5) is 5.95 Å². The van der Waals surface area contributed by atoms with Gasteiger partial charge in [0, 0.05) is 13.3 Å². The van der Waals surface area contributed by atoms with Crippen molar-refractivity contribution in [1.82, 2.24) is 19.5 Å². The molecule has 2 aromatic heterocycles. The minimum absolute atomic E-state index is 0.0185. The van der Waals surface area contributed by atoms with Crippen LogP contribution in [0.15, 0.2) is 11.1 Å². The molecule has 4 heterocycles. The van der Waals surface area contributed by atoms with Crippen molar-refractivity contribution >= 4 is 38.5 Å². The molecule has 0 aliphatic carbocycles. The average molecular weight is 396 g/mol. The molecule has 12 nitrogen and oxygen atoms in total. The third-order valence-corrected chi connectivity index (χ3v) is 5.68. The van der Waals surface area contributed by atoms with E-state index in [9.17, 15) is 9.59 Å². The second-order valence-electron chi connectivity index (χ2n) is 6.00. The zero-order valence-electron chi connectivity index (χ0n) is 14.2. The second-order valence-corrected chi connectivity index (χ2v) is 7.81. The molecule has 0 bridgehead atoms. The SMILES string of the molecule is [B][P+]1(OCOC(C)=O)OC[C@H]2O[C@@H](n3cnc4c(=O)[nH]c(N)nc43)C[C@H]2O1. The molecule has 27 heavy (non-hydrogen) atoms. The summed E-state index contributed by atoms with van der Waals surface area (Å²) in [4.78, 5) is 33.3. The van der Waals surface area contributed by atoms with Gasteiger partial charge in [-0.05, 0) is 0 Å². The summed E-state index contributed by atoms with van der Waals surface area (Å²) in [6.07, 6.45) is 0.570. The molecule has 0 aromatic carbocycles. The summed E-state index contributed by atoms with van der Waals surface area (Å²) in [5.74, 6) is -0.524. The Hall–Kier alpha value is -2.05. The zero-order valence-corrected chi connectivity index (χ0v) is 15.1. The average Bonchev–Trinajstić information content (AvgIpc) is 3.17. The Morgan fingerprint density at radius 3 is 3.15 bits per heavy atom. The normalized spacial score (nSPS) is 30.3. The summed E-state index contributed by atoms with van der Waals surface area (Å²) in [5, 5.41) is 0. The Morgan fingerprint density at radius 1 is 1.56 bits per heavy atom. The topological polar surface area (TPSA) is 153 Å². The second kappa shape index (κ2) is 6.84. The summed E-state index contributed by atoms with van der Waals surface area (Å²) in [6, 6.07) is 0. The lowest BCUT2D eigenvalue weighted by atomic mass is 10.2. The number of imidazole rings is 1. The number of fused-ring (bicyclic) bond motifs is 2. The Balaban J connectivity index is 1.49. The van der Waals surface area contributed by atoms with Crippen LogP contribution >= 0.6 is 7.82 Å². The molecule has 4 rings (SSSR count). The Morgan fingerprint density at radius 2 is 2.37 bits per heavy atom. The summed E-state index contributed by atoms with van der Waals surface area (Å²) < 4.78 is 28.7. The third kappa shape index (κ3) is 3.56. The Labute approximate surface area is 154 Å². The van der Waals surface area contributed by atoms with Crippen LogP contribution in [0.3, 0.4) is 0 Å². The highest BCUT2D eigenvalue weighted by Crippen LogP contribution is 2.62. The smallest absolute Gasteiger partial charge is 0.434 e. The van der Waals surface area contributed by atoms with Crippen molar-refractivity contribution in [3.63, 3.8) is 0 Å². The summed E-state index contributed by atoms with van der Waals surface area (Å²) in [6.45, 7) is 1.04. The van der Waals surface area contributed by atoms with E-state index in [4.69, 9.17) is 36.3 Å². The third-order valence-electron chi connectivity index (χ3n) is 4.14. The molecular formula is C13H16BN5O7P+. The monoisotopic (exact) mass is 396 g/mol. The number of esters is 1. The van der Waals surface area contributed by atoms with Crippen LogP contribution in [0.25, 0.3) is 11.2 Å². The van der Waals surface area contributed by atoms with E-state index in [-0.39, 0.29) is 31.0 Å². The molecule has 0 spiro atoms. The van der Waals surface area contributed by atoms with Gasteiger partial charge in [0.25, 0.3) is 5.56 Å². The first-order chi connectivity index (χ1) is 12.8. The van der Waals surface area contributed by atoms with Gasteiger partial charge in [0.05, 0.1) is 6.33 Å². The van der Waals surface area contributed by atoms with E-state index < -0.39 is 31.7 Å². The number of hydrogen-bond donors (Lipinski definition) is 2. The van der Waals surface area contributed by atoms with Crippen LogP contribution in [0.1, 0.15) is 19.6 Å². The fraction of sp³-hybridized carbons (Fsp3) is 0.538. The van der Waals surface area contributed by atoms with Crippen LogP contribution in [-0.2, 0) is 27.8 Å². The molecule has 2 saturated heterocycles. The number of nitrogens with zero attached hydrogens (tertiary/aromatic N) is 3. The van der Waals surface area contributed by atoms with Gasteiger partial charge in [-0.25, -0.2) is 4.98 Å². The number of rotatable bonds is 4. The molecule has 2 aliphatic heterocycles. The molecule has 2 radical (unpaired) electrons. The zero-order chi connectivity index (χ0) is 19.2. The number of hydrogen-bond acceptors (Lipinski definition) is 10. The Kier molecular flexibility index (Phi) is 4.64. The van der Waals surface area contributed by atoms with Crippen molar-refractivity contribution in [2.24, 2.45) is 0 Å². The molecule has 0 saturated carbocycles. The predicted molar refractivity (Wildman–Crippen MR) is 92.3 cm³/mol.